The second-order valence-corrected chi connectivity index (χ2v) is 4.89. The molecule has 0 unspecified atom stereocenters. The molecule has 0 aliphatic heterocycles. The molecule has 0 radical (unpaired) electrons. The minimum absolute atomic E-state index is 0.496. The third-order valence-electron chi connectivity index (χ3n) is 3.01. The summed E-state index contributed by atoms with van der Waals surface area (Å²) in [6, 6.07) is 9.91. The Bertz CT molecular complexity index is 748. The summed E-state index contributed by atoms with van der Waals surface area (Å²) >= 11 is 6.23. The van der Waals surface area contributed by atoms with E-state index in [-0.39, 0.29) is 0 Å². The monoisotopic (exact) mass is 272 g/mol. The van der Waals surface area contributed by atoms with E-state index < -0.39 is 0 Å². The molecule has 0 fully saturated rings. The highest BCUT2D eigenvalue weighted by atomic mass is 35.5. The molecule has 1 aromatic carbocycles. The van der Waals surface area contributed by atoms with E-state index in [9.17, 15) is 0 Å². The van der Waals surface area contributed by atoms with E-state index in [1.54, 1.807) is 0 Å². The predicted molar refractivity (Wildman–Crippen MR) is 78.1 cm³/mol. The fourth-order valence-corrected chi connectivity index (χ4v) is 2.32. The molecular weight excluding hydrogens is 260 g/mol. The highest BCUT2D eigenvalue weighted by Crippen LogP contribution is 2.28. The molecule has 3 aromatic rings. The van der Waals surface area contributed by atoms with Crippen LogP contribution < -0.4 is 5.32 Å². The highest BCUT2D eigenvalue weighted by molar-refractivity contribution is 6.34. The molecule has 2 N–H and O–H groups in total. The van der Waals surface area contributed by atoms with Crippen LogP contribution in [0.15, 0.2) is 30.3 Å². The quantitative estimate of drug-likeness (QED) is 0.694. The molecule has 2 heterocycles. The third kappa shape index (κ3) is 2.27. The number of anilines is 2. The largest absolute Gasteiger partial charge is 0.323 e. The first-order chi connectivity index (χ1) is 9.13. The molecule has 5 heteroatoms. The molecule has 0 amide bonds. The highest BCUT2D eigenvalue weighted by Gasteiger charge is 2.07. The number of nitrogens with one attached hydrogen (secondary N) is 2. The molecule has 19 heavy (non-hydrogen) atoms. The van der Waals surface area contributed by atoms with Crippen molar-refractivity contribution in [1.82, 2.24) is 15.2 Å². The number of nitrogens with zero attached hydrogens (tertiary/aromatic N) is 2. The van der Waals surface area contributed by atoms with Gasteiger partial charge in [-0.3, -0.25) is 5.10 Å². The molecule has 0 aliphatic rings. The van der Waals surface area contributed by atoms with E-state index >= 15 is 0 Å². The second kappa shape index (κ2) is 4.55. The average Bonchev–Trinajstić information content (AvgIpc) is 2.76. The average molecular weight is 273 g/mol. The number of aromatic amines is 1. The van der Waals surface area contributed by atoms with Crippen molar-refractivity contribution in [3.05, 3.63) is 46.7 Å². The molecule has 0 bridgehead atoms. The minimum atomic E-state index is 0.496. The van der Waals surface area contributed by atoms with Crippen LogP contribution in [0, 0.1) is 13.8 Å². The molecule has 4 nitrogen and oxygen atoms in total. The molecule has 0 atom stereocenters. The Kier molecular flexibility index (Phi) is 2.87. The van der Waals surface area contributed by atoms with E-state index in [0.717, 1.165) is 22.3 Å². The van der Waals surface area contributed by atoms with Crippen LogP contribution in [0.25, 0.3) is 10.8 Å². The number of H-pyrrole nitrogens is 1. The van der Waals surface area contributed by atoms with Crippen molar-refractivity contribution < 1.29 is 0 Å². The first-order valence-electron chi connectivity index (χ1n) is 5.98. The summed E-state index contributed by atoms with van der Waals surface area (Å²) in [5.41, 5.74) is 2.16. The van der Waals surface area contributed by atoms with Crippen molar-refractivity contribution in [3.63, 3.8) is 0 Å². The molecule has 0 spiro atoms. The number of aromatic nitrogens is 3. The van der Waals surface area contributed by atoms with Crippen molar-refractivity contribution in [2.75, 3.05) is 5.32 Å². The van der Waals surface area contributed by atoms with Gasteiger partial charge < -0.3 is 5.32 Å². The number of pyridine rings is 1. The van der Waals surface area contributed by atoms with E-state index in [2.05, 4.69) is 33.5 Å². The lowest BCUT2D eigenvalue weighted by Crippen LogP contribution is -1.95. The maximum absolute atomic E-state index is 6.23. The summed E-state index contributed by atoms with van der Waals surface area (Å²) in [5.74, 6) is 1.42. The third-order valence-corrected chi connectivity index (χ3v) is 3.30. The fraction of sp³-hybridized carbons (Fsp3) is 0.143. The number of aryl methyl sites for hydroxylation is 2. The van der Waals surface area contributed by atoms with Gasteiger partial charge in [-0.1, -0.05) is 29.8 Å². The molecule has 0 saturated heterocycles. The van der Waals surface area contributed by atoms with E-state index in [4.69, 9.17) is 11.6 Å². The summed E-state index contributed by atoms with van der Waals surface area (Å²) in [7, 11) is 0. The van der Waals surface area contributed by atoms with E-state index in [0.29, 0.717) is 11.0 Å². The van der Waals surface area contributed by atoms with Crippen molar-refractivity contribution in [3.8, 4) is 0 Å². The first-order valence-corrected chi connectivity index (χ1v) is 6.36. The zero-order valence-electron chi connectivity index (χ0n) is 10.7. The summed E-state index contributed by atoms with van der Waals surface area (Å²) in [6.07, 6.45) is 0. The van der Waals surface area contributed by atoms with E-state index in [1.165, 1.54) is 5.56 Å². The lowest BCUT2D eigenvalue weighted by Gasteiger charge is -2.07. The Morgan fingerprint density at radius 2 is 1.95 bits per heavy atom. The summed E-state index contributed by atoms with van der Waals surface area (Å²) < 4.78 is 0. The summed E-state index contributed by atoms with van der Waals surface area (Å²) in [5, 5.41) is 12.7. The summed E-state index contributed by atoms with van der Waals surface area (Å²) in [6.45, 7) is 4.00. The lowest BCUT2D eigenvalue weighted by atomic mass is 10.1. The van der Waals surface area contributed by atoms with Crippen LogP contribution in [0.4, 0.5) is 11.6 Å². The second-order valence-electron chi connectivity index (χ2n) is 4.53. The van der Waals surface area contributed by atoms with Crippen LogP contribution in [0.1, 0.15) is 11.3 Å². The maximum atomic E-state index is 6.23. The number of fused-ring (bicyclic) bond motifs is 1. The van der Waals surface area contributed by atoms with Gasteiger partial charge in [0.2, 0.25) is 0 Å². The fourth-order valence-electron chi connectivity index (χ4n) is 2.06. The van der Waals surface area contributed by atoms with E-state index in [1.807, 2.05) is 31.2 Å². The van der Waals surface area contributed by atoms with Gasteiger partial charge >= 0.3 is 0 Å². The van der Waals surface area contributed by atoms with Crippen molar-refractivity contribution in [2.45, 2.75) is 13.8 Å². The van der Waals surface area contributed by atoms with Crippen molar-refractivity contribution in [1.29, 1.82) is 0 Å². The zero-order valence-corrected chi connectivity index (χ0v) is 11.4. The van der Waals surface area contributed by atoms with Crippen LogP contribution in [-0.4, -0.2) is 15.2 Å². The topological polar surface area (TPSA) is 53.6 Å². The number of halogens is 1. The molecular formula is C14H13ClN4. The van der Waals surface area contributed by atoms with Gasteiger partial charge in [-0.15, -0.1) is 0 Å². The van der Waals surface area contributed by atoms with Crippen LogP contribution >= 0.6 is 11.6 Å². The number of benzene rings is 1. The van der Waals surface area contributed by atoms with Crippen LogP contribution in [0.5, 0.6) is 0 Å². The van der Waals surface area contributed by atoms with Crippen LogP contribution in [-0.2, 0) is 0 Å². The van der Waals surface area contributed by atoms with Crippen molar-refractivity contribution in [2.24, 2.45) is 0 Å². The Morgan fingerprint density at radius 3 is 2.68 bits per heavy atom. The standard InChI is InChI=1S/C14H13ClN4/c1-8-4-3-5-10-11(8)7-12(17-14(10)15)16-13-6-9(2)18-19-13/h3-7H,1-2H3,(H2,16,17,18,19). The Balaban J connectivity index is 2.07. The summed E-state index contributed by atoms with van der Waals surface area (Å²) in [4.78, 5) is 4.35. The van der Waals surface area contributed by atoms with Gasteiger partial charge in [-0.05, 0) is 30.9 Å². The molecule has 96 valence electrons. The normalized spacial score (nSPS) is 10.9. The maximum Gasteiger partial charge on any atom is 0.153 e. The van der Waals surface area contributed by atoms with Gasteiger partial charge in [0.15, 0.2) is 5.82 Å². The van der Waals surface area contributed by atoms with Gasteiger partial charge in [0.25, 0.3) is 0 Å². The molecule has 0 saturated carbocycles. The Hall–Kier alpha value is -2.07. The van der Waals surface area contributed by atoms with Gasteiger partial charge in [0.05, 0.1) is 0 Å². The first kappa shape index (κ1) is 12.0. The van der Waals surface area contributed by atoms with Gasteiger partial charge in [-0.25, -0.2) is 4.98 Å². The molecule has 3 rings (SSSR count). The smallest absolute Gasteiger partial charge is 0.153 e. The van der Waals surface area contributed by atoms with Crippen molar-refractivity contribution >= 4 is 34.0 Å². The minimum Gasteiger partial charge on any atom is -0.323 e. The number of rotatable bonds is 2. The Labute approximate surface area is 115 Å². The van der Waals surface area contributed by atoms with Crippen LogP contribution in [0.2, 0.25) is 5.15 Å². The molecule has 2 aromatic heterocycles. The lowest BCUT2D eigenvalue weighted by molar-refractivity contribution is 1.05. The SMILES string of the molecule is Cc1cc(Nc2cc3c(C)cccc3c(Cl)n2)n[nH]1. The van der Waals surface area contributed by atoms with Gasteiger partial charge in [-0.2, -0.15) is 5.10 Å². The van der Waals surface area contributed by atoms with Gasteiger partial charge in [0.1, 0.15) is 11.0 Å². The number of hydrogen-bond donors (Lipinski definition) is 2. The Morgan fingerprint density at radius 1 is 1.11 bits per heavy atom. The van der Waals surface area contributed by atoms with Gasteiger partial charge in [0, 0.05) is 17.1 Å². The molecule has 0 aliphatic carbocycles. The zero-order chi connectivity index (χ0) is 13.4. The predicted octanol–water partition coefficient (Wildman–Crippen LogP) is 3.97. The number of hydrogen-bond acceptors (Lipinski definition) is 3. The van der Waals surface area contributed by atoms with Crippen LogP contribution in [0.3, 0.4) is 0 Å².